The molecule has 0 saturated heterocycles. The summed E-state index contributed by atoms with van der Waals surface area (Å²) in [5, 5.41) is 7.07. The highest BCUT2D eigenvalue weighted by Crippen LogP contribution is 2.18. The first-order valence-corrected chi connectivity index (χ1v) is 5.15. The van der Waals surface area contributed by atoms with E-state index in [1.807, 2.05) is 0 Å². The molecule has 0 aliphatic heterocycles. The fourth-order valence-electron chi connectivity index (χ4n) is 1.08. The van der Waals surface area contributed by atoms with Gasteiger partial charge in [0.15, 0.2) is 11.6 Å². The van der Waals surface area contributed by atoms with Gasteiger partial charge in [-0.1, -0.05) is 0 Å². The predicted octanol–water partition coefficient (Wildman–Crippen LogP) is 1.75. The van der Waals surface area contributed by atoms with E-state index in [0.29, 0.717) is 17.4 Å². The topological polar surface area (TPSA) is 66.0 Å². The molecule has 0 unspecified atom stereocenters. The minimum absolute atomic E-state index is 0.0827. The van der Waals surface area contributed by atoms with Crippen LogP contribution in [0.15, 0.2) is 16.7 Å². The number of rotatable bonds is 4. The highest BCUT2D eigenvalue weighted by molar-refractivity contribution is 9.10. The van der Waals surface area contributed by atoms with Crippen LogP contribution in [-0.4, -0.2) is 24.4 Å². The van der Waals surface area contributed by atoms with Gasteiger partial charge in [-0.3, -0.25) is 5.41 Å². The van der Waals surface area contributed by atoms with Crippen molar-refractivity contribution in [2.75, 3.05) is 18.5 Å². The zero-order valence-electron chi connectivity index (χ0n) is 8.30. The molecule has 0 radical (unpaired) electrons. The third kappa shape index (κ3) is 3.47. The van der Waals surface area contributed by atoms with Crippen molar-refractivity contribution in [1.82, 2.24) is 4.98 Å². The Morgan fingerprint density at radius 1 is 1.73 bits per heavy atom. The van der Waals surface area contributed by atoms with Crippen LogP contribution in [0.5, 0.6) is 0 Å². The van der Waals surface area contributed by atoms with E-state index in [4.69, 9.17) is 11.1 Å². The van der Waals surface area contributed by atoms with Gasteiger partial charge in [0.05, 0.1) is 5.84 Å². The summed E-state index contributed by atoms with van der Waals surface area (Å²) >= 11 is 3.13. The summed E-state index contributed by atoms with van der Waals surface area (Å²) in [4.78, 5) is 5.58. The Labute approximate surface area is 95.9 Å². The second kappa shape index (κ2) is 5.06. The minimum Gasteiger partial charge on any atom is -0.388 e. The molecule has 1 rings (SSSR count). The van der Waals surface area contributed by atoms with Gasteiger partial charge in [0.1, 0.15) is 0 Å². The third-order valence-corrected chi connectivity index (χ3v) is 2.30. The summed E-state index contributed by atoms with van der Waals surface area (Å²) in [7, 11) is 1.71. The molecular formula is C9H12BrFN4. The molecule has 0 aliphatic rings. The van der Waals surface area contributed by atoms with Crippen molar-refractivity contribution in [3.63, 3.8) is 0 Å². The van der Waals surface area contributed by atoms with E-state index in [1.165, 1.54) is 12.3 Å². The molecule has 0 aliphatic carbocycles. The van der Waals surface area contributed by atoms with Gasteiger partial charge in [-0.15, -0.1) is 0 Å². The second-order valence-electron chi connectivity index (χ2n) is 3.16. The van der Waals surface area contributed by atoms with Gasteiger partial charge >= 0.3 is 0 Å². The quantitative estimate of drug-likeness (QED) is 0.649. The summed E-state index contributed by atoms with van der Waals surface area (Å²) in [6.07, 6.45) is 1.93. The molecule has 82 valence electrons. The monoisotopic (exact) mass is 274 g/mol. The number of pyridine rings is 1. The van der Waals surface area contributed by atoms with E-state index in [-0.39, 0.29) is 11.7 Å². The van der Waals surface area contributed by atoms with Crippen molar-refractivity contribution in [2.45, 2.75) is 6.42 Å². The highest BCUT2D eigenvalue weighted by atomic mass is 79.9. The first-order valence-electron chi connectivity index (χ1n) is 4.36. The Balaban J connectivity index is 2.73. The molecule has 6 heteroatoms. The van der Waals surface area contributed by atoms with Crippen LogP contribution in [0.3, 0.4) is 0 Å². The van der Waals surface area contributed by atoms with Crippen molar-refractivity contribution in [2.24, 2.45) is 5.73 Å². The maximum absolute atomic E-state index is 13.4. The first-order chi connectivity index (χ1) is 7.00. The molecule has 0 aromatic carbocycles. The molecule has 0 spiro atoms. The van der Waals surface area contributed by atoms with Gasteiger partial charge < -0.3 is 10.6 Å². The molecule has 15 heavy (non-hydrogen) atoms. The maximum atomic E-state index is 13.4. The van der Waals surface area contributed by atoms with Gasteiger partial charge in [-0.2, -0.15) is 0 Å². The molecule has 1 heterocycles. The Kier molecular flexibility index (Phi) is 4.02. The molecule has 0 fully saturated rings. The van der Waals surface area contributed by atoms with Crippen molar-refractivity contribution in [1.29, 1.82) is 5.41 Å². The summed E-state index contributed by atoms with van der Waals surface area (Å²) in [6.45, 7) is 0.473. The zero-order valence-corrected chi connectivity index (χ0v) is 9.88. The van der Waals surface area contributed by atoms with Crippen LogP contribution in [0.25, 0.3) is 0 Å². The van der Waals surface area contributed by atoms with E-state index in [1.54, 1.807) is 11.9 Å². The van der Waals surface area contributed by atoms with Crippen LogP contribution >= 0.6 is 15.9 Å². The standard InChI is InChI=1S/C9H12BrFN4/c1-15(3-2-8(12)13)9-7(11)4-6(10)5-14-9/h4-5H,2-3H2,1H3,(H3,12,13). The Morgan fingerprint density at radius 2 is 2.40 bits per heavy atom. The number of halogens is 2. The minimum atomic E-state index is -0.393. The van der Waals surface area contributed by atoms with E-state index >= 15 is 0 Å². The van der Waals surface area contributed by atoms with Crippen LogP contribution in [-0.2, 0) is 0 Å². The van der Waals surface area contributed by atoms with Gasteiger partial charge in [0, 0.05) is 30.7 Å². The number of amidine groups is 1. The van der Waals surface area contributed by atoms with Crippen LogP contribution < -0.4 is 10.6 Å². The number of anilines is 1. The Hall–Kier alpha value is -1.17. The number of hydrogen-bond donors (Lipinski definition) is 2. The van der Waals surface area contributed by atoms with Gasteiger partial charge in [0.2, 0.25) is 0 Å². The predicted molar refractivity (Wildman–Crippen MR) is 61.7 cm³/mol. The number of hydrogen-bond acceptors (Lipinski definition) is 3. The Bertz CT molecular complexity index is 369. The van der Waals surface area contributed by atoms with E-state index in [0.717, 1.165) is 0 Å². The Morgan fingerprint density at radius 3 is 2.93 bits per heavy atom. The molecule has 3 N–H and O–H groups in total. The number of nitrogens with one attached hydrogen (secondary N) is 1. The molecule has 4 nitrogen and oxygen atoms in total. The first kappa shape index (κ1) is 11.9. The highest BCUT2D eigenvalue weighted by Gasteiger charge is 2.09. The maximum Gasteiger partial charge on any atom is 0.166 e. The lowest BCUT2D eigenvalue weighted by Gasteiger charge is -2.18. The fourth-order valence-corrected chi connectivity index (χ4v) is 1.39. The lowest BCUT2D eigenvalue weighted by molar-refractivity contribution is 0.614. The van der Waals surface area contributed by atoms with E-state index in [2.05, 4.69) is 20.9 Å². The normalized spacial score (nSPS) is 10.1. The van der Waals surface area contributed by atoms with Crippen LogP contribution in [0.4, 0.5) is 10.2 Å². The molecule has 0 amide bonds. The summed E-state index contributed by atoms with van der Waals surface area (Å²) in [5.41, 5.74) is 5.22. The third-order valence-electron chi connectivity index (χ3n) is 1.87. The summed E-state index contributed by atoms with van der Waals surface area (Å²) in [5.74, 6) is -0.0470. The summed E-state index contributed by atoms with van der Waals surface area (Å²) < 4.78 is 14.0. The molecule has 1 aromatic rings. The largest absolute Gasteiger partial charge is 0.388 e. The average Bonchev–Trinajstić information content (AvgIpc) is 2.14. The molecule has 0 atom stereocenters. The van der Waals surface area contributed by atoms with E-state index in [9.17, 15) is 4.39 Å². The zero-order chi connectivity index (χ0) is 11.4. The van der Waals surface area contributed by atoms with Crippen LogP contribution in [0, 0.1) is 11.2 Å². The van der Waals surface area contributed by atoms with E-state index < -0.39 is 5.82 Å². The lowest BCUT2D eigenvalue weighted by Crippen LogP contribution is -2.25. The number of nitrogens with zero attached hydrogens (tertiary/aromatic N) is 2. The molecule has 1 aromatic heterocycles. The van der Waals surface area contributed by atoms with Crippen molar-refractivity contribution in [3.05, 3.63) is 22.6 Å². The lowest BCUT2D eigenvalue weighted by atomic mass is 10.3. The van der Waals surface area contributed by atoms with Crippen LogP contribution in [0.2, 0.25) is 0 Å². The van der Waals surface area contributed by atoms with Crippen LogP contribution in [0.1, 0.15) is 6.42 Å². The SMILES string of the molecule is CN(CCC(=N)N)c1ncc(Br)cc1F. The average molecular weight is 275 g/mol. The van der Waals surface area contributed by atoms with Gasteiger partial charge in [-0.25, -0.2) is 9.37 Å². The molecule has 0 saturated carbocycles. The number of nitrogens with two attached hydrogens (primary N) is 1. The second-order valence-corrected chi connectivity index (χ2v) is 4.07. The van der Waals surface area contributed by atoms with Gasteiger partial charge in [-0.05, 0) is 22.0 Å². The smallest absolute Gasteiger partial charge is 0.166 e. The van der Waals surface area contributed by atoms with Gasteiger partial charge in [0.25, 0.3) is 0 Å². The number of aromatic nitrogens is 1. The van der Waals surface area contributed by atoms with Crippen molar-refractivity contribution >= 4 is 27.6 Å². The summed E-state index contributed by atoms with van der Waals surface area (Å²) in [6, 6.07) is 1.35. The van der Waals surface area contributed by atoms with Crippen molar-refractivity contribution in [3.8, 4) is 0 Å². The van der Waals surface area contributed by atoms with Crippen molar-refractivity contribution < 1.29 is 4.39 Å². The molecular weight excluding hydrogens is 263 g/mol. The molecule has 0 bridgehead atoms. The fraction of sp³-hybridized carbons (Fsp3) is 0.333.